The quantitative estimate of drug-likeness (QED) is 0.550. The van der Waals surface area contributed by atoms with E-state index in [9.17, 15) is 13.2 Å². The van der Waals surface area contributed by atoms with Crippen molar-refractivity contribution in [3.63, 3.8) is 0 Å². The van der Waals surface area contributed by atoms with Crippen LogP contribution in [-0.4, -0.2) is 28.0 Å². The summed E-state index contributed by atoms with van der Waals surface area (Å²) < 4.78 is 37.0. The first-order valence-electron chi connectivity index (χ1n) is 8.14. The molecule has 0 fully saturated rings. The Morgan fingerprint density at radius 2 is 1.89 bits per heavy atom. The summed E-state index contributed by atoms with van der Waals surface area (Å²) in [5, 5.41) is 8.47. The zero-order chi connectivity index (χ0) is 19.9. The Balaban J connectivity index is 2.04. The fourth-order valence-electron chi connectivity index (χ4n) is 2.34. The minimum Gasteiger partial charge on any atom is -0.496 e. The summed E-state index contributed by atoms with van der Waals surface area (Å²) in [7, 11) is -2.17. The van der Waals surface area contributed by atoms with Crippen LogP contribution in [0.25, 0.3) is 0 Å². The number of nitrogens with one attached hydrogen (secondary N) is 1. The van der Waals surface area contributed by atoms with Crippen molar-refractivity contribution in [3.05, 3.63) is 59.2 Å². The van der Waals surface area contributed by atoms with Crippen molar-refractivity contribution in [2.75, 3.05) is 13.7 Å². The Kier molecular flexibility index (Phi) is 6.93. The molecule has 2 rings (SSSR count). The Morgan fingerprint density at radius 3 is 2.52 bits per heavy atom. The SMILES string of the molecule is COc1ccc(C)cc1COC(=O)c1ccc(S(=O)(=O)NCCC#N)cc1. The molecular weight excluding hydrogens is 368 g/mol. The van der Waals surface area contributed by atoms with Gasteiger partial charge in [0.25, 0.3) is 0 Å². The van der Waals surface area contributed by atoms with Crippen molar-refractivity contribution in [3.8, 4) is 11.8 Å². The van der Waals surface area contributed by atoms with E-state index in [1.54, 1.807) is 13.2 Å². The summed E-state index contributed by atoms with van der Waals surface area (Å²) in [6.07, 6.45) is 0.0755. The van der Waals surface area contributed by atoms with Crippen LogP contribution in [0.3, 0.4) is 0 Å². The zero-order valence-electron chi connectivity index (χ0n) is 15.1. The number of carbonyl (C=O) groups excluding carboxylic acids is 1. The first-order chi connectivity index (χ1) is 12.9. The summed E-state index contributed by atoms with van der Waals surface area (Å²) in [4.78, 5) is 12.2. The molecule has 8 heteroatoms. The third-order valence-corrected chi connectivity index (χ3v) is 5.20. The van der Waals surface area contributed by atoms with Gasteiger partial charge in [-0.05, 0) is 43.3 Å². The van der Waals surface area contributed by atoms with Crippen LogP contribution in [0.4, 0.5) is 0 Å². The molecule has 0 aliphatic rings. The van der Waals surface area contributed by atoms with Crippen LogP contribution in [0, 0.1) is 18.3 Å². The van der Waals surface area contributed by atoms with Crippen molar-refractivity contribution in [2.24, 2.45) is 0 Å². The van der Waals surface area contributed by atoms with Crippen molar-refractivity contribution in [2.45, 2.75) is 24.8 Å². The molecule has 2 aromatic rings. The van der Waals surface area contributed by atoms with Crippen LogP contribution in [0.15, 0.2) is 47.4 Å². The highest BCUT2D eigenvalue weighted by Gasteiger charge is 2.15. The van der Waals surface area contributed by atoms with Gasteiger partial charge in [0, 0.05) is 18.5 Å². The third kappa shape index (κ3) is 5.54. The molecule has 142 valence electrons. The fourth-order valence-corrected chi connectivity index (χ4v) is 3.37. The minimum atomic E-state index is -3.71. The maximum atomic E-state index is 12.2. The number of nitriles is 1. The first kappa shape index (κ1) is 20.4. The topological polar surface area (TPSA) is 105 Å². The summed E-state index contributed by atoms with van der Waals surface area (Å²) in [6.45, 7) is 2.00. The van der Waals surface area contributed by atoms with E-state index < -0.39 is 16.0 Å². The molecule has 0 heterocycles. The van der Waals surface area contributed by atoms with Gasteiger partial charge >= 0.3 is 5.97 Å². The van der Waals surface area contributed by atoms with E-state index in [4.69, 9.17) is 14.7 Å². The largest absolute Gasteiger partial charge is 0.496 e. The lowest BCUT2D eigenvalue weighted by Gasteiger charge is -2.11. The van der Waals surface area contributed by atoms with Gasteiger partial charge in [-0.25, -0.2) is 17.9 Å². The van der Waals surface area contributed by atoms with Gasteiger partial charge in [-0.1, -0.05) is 11.6 Å². The van der Waals surface area contributed by atoms with Crippen LogP contribution >= 0.6 is 0 Å². The number of hydrogen-bond donors (Lipinski definition) is 1. The van der Waals surface area contributed by atoms with E-state index in [0.29, 0.717) is 5.75 Å². The minimum absolute atomic E-state index is 0.0114. The van der Waals surface area contributed by atoms with Crippen LogP contribution in [0.5, 0.6) is 5.75 Å². The van der Waals surface area contributed by atoms with Crippen molar-refractivity contribution < 1.29 is 22.7 Å². The molecule has 0 radical (unpaired) electrons. The van der Waals surface area contributed by atoms with Gasteiger partial charge in [0.05, 0.1) is 23.6 Å². The number of rotatable bonds is 8. The first-order valence-corrected chi connectivity index (χ1v) is 9.63. The van der Waals surface area contributed by atoms with Crippen molar-refractivity contribution >= 4 is 16.0 Å². The second kappa shape index (κ2) is 9.16. The van der Waals surface area contributed by atoms with E-state index >= 15 is 0 Å². The molecular formula is C19H20N2O5S. The van der Waals surface area contributed by atoms with Gasteiger partial charge in [-0.2, -0.15) is 5.26 Å². The highest BCUT2D eigenvalue weighted by atomic mass is 32.2. The van der Waals surface area contributed by atoms with Gasteiger partial charge in [-0.15, -0.1) is 0 Å². The Labute approximate surface area is 158 Å². The highest BCUT2D eigenvalue weighted by molar-refractivity contribution is 7.89. The number of sulfonamides is 1. The third-order valence-electron chi connectivity index (χ3n) is 3.72. The number of ether oxygens (including phenoxy) is 2. The normalized spacial score (nSPS) is 10.9. The van der Waals surface area contributed by atoms with E-state index in [2.05, 4.69) is 4.72 Å². The number of carbonyl (C=O) groups is 1. The lowest BCUT2D eigenvalue weighted by Crippen LogP contribution is -2.24. The van der Waals surface area contributed by atoms with Gasteiger partial charge in [0.1, 0.15) is 12.4 Å². The number of hydrogen-bond acceptors (Lipinski definition) is 6. The summed E-state index contributed by atoms with van der Waals surface area (Å²) in [5.74, 6) is 0.0539. The standard InChI is InChI=1S/C19H20N2O5S/c1-14-4-9-18(25-2)16(12-14)13-26-19(22)15-5-7-17(8-6-15)27(23,24)21-11-3-10-20/h4-9,12,21H,3,11,13H2,1-2H3. The average molecular weight is 388 g/mol. The smallest absolute Gasteiger partial charge is 0.338 e. The van der Waals surface area contributed by atoms with Gasteiger partial charge in [-0.3, -0.25) is 0 Å². The number of aryl methyl sites for hydroxylation is 1. The number of benzene rings is 2. The van der Waals surface area contributed by atoms with Gasteiger partial charge in [0.15, 0.2) is 0 Å². The average Bonchev–Trinajstić information content (AvgIpc) is 2.66. The molecule has 0 aliphatic carbocycles. The molecule has 0 atom stereocenters. The second-order valence-electron chi connectivity index (χ2n) is 5.72. The lowest BCUT2D eigenvalue weighted by molar-refractivity contribution is 0.0470. The van der Waals surface area contributed by atoms with Crippen molar-refractivity contribution in [1.82, 2.24) is 4.72 Å². The predicted octanol–water partition coefficient (Wildman–Crippen LogP) is 2.55. The predicted molar refractivity (Wildman–Crippen MR) is 98.7 cm³/mol. The molecule has 0 saturated carbocycles. The van der Waals surface area contributed by atoms with Crippen molar-refractivity contribution in [1.29, 1.82) is 5.26 Å². The molecule has 0 spiro atoms. The van der Waals surface area contributed by atoms with Crippen LogP contribution in [0.2, 0.25) is 0 Å². The molecule has 0 saturated heterocycles. The summed E-state index contributed by atoms with van der Waals surface area (Å²) in [5.41, 5.74) is 1.99. The van der Waals surface area contributed by atoms with Gasteiger partial charge in [0.2, 0.25) is 10.0 Å². The van der Waals surface area contributed by atoms with E-state index in [-0.39, 0.29) is 30.0 Å². The van der Waals surface area contributed by atoms with E-state index in [1.807, 2.05) is 25.1 Å². The molecule has 0 amide bonds. The summed E-state index contributed by atoms with van der Waals surface area (Å²) >= 11 is 0. The summed E-state index contributed by atoms with van der Waals surface area (Å²) in [6, 6.07) is 12.8. The zero-order valence-corrected chi connectivity index (χ0v) is 15.9. The molecule has 0 aliphatic heterocycles. The number of nitrogens with zero attached hydrogens (tertiary/aromatic N) is 1. The number of methoxy groups -OCH3 is 1. The highest BCUT2D eigenvalue weighted by Crippen LogP contribution is 2.21. The lowest BCUT2D eigenvalue weighted by atomic mass is 10.1. The molecule has 0 unspecified atom stereocenters. The van der Waals surface area contributed by atoms with E-state index in [1.165, 1.54) is 24.3 Å². The monoisotopic (exact) mass is 388 g/mol. The van der Waals surface area contributed by atoms with Crippen LogP contribution < -0.4 is 9.46 Å². The van der Waals surface area contributed by atoms with Crippen LogP contribution in [0.1, 0.15) is 27.9 Å². The Bertz CT molecular complexity index is 947. The second-order valence-corrected chi connectivity index (χ2v) is 7.49. The molecule has 7 nitrogen and oxygen atoms in total. The van der Waals surface area contributed by atoms with Crippen LogP contribution in [-0.2, 0) is 21.4 Å². The maximum Gasteiger partial charge on any atom is 0.338 e. The Hall–Kier alpha value is -2.89. The maximum absolute atomic E-state index is 12.2. The molecule has 0 aromatic heterocycles. The van der Waals surface area contributed by atoms with E-state index in [0.717, 1.165) is 11.1 Å². The molecule has 0 bridgehead atoms. The fraction of sp³-hybridized carbons (Fsp3) is 0.263. The molecule has 1 N–H and O–H groups in total. The number of esters is 1. The molecule has 2 aromatic carbocycles. The molecule has 27 heavy (non-hydrogen) atoms. The Morgan fingerprint density at radius 1 is 1.19 bits per heavy atom. The van der Waals surface area contributed by atoms with Gasteiger partial charge < -0.3 is 9.47 Å².